The Hall–Kier alpha value is -3.98. The highest BCUT2D eigenvalue weighted by Gasteiger charge is 2.17. The summed E-state index contributed by atoms with van der Waals surface area (Å²) in [5.41, 5.74) is 3.78. The van der Waals surface area contributed by atoms with Crippen LogP contribution in [-0.2, 0) is 12.3 Å². The Kier molecular flexibility index (Phi) is 5.39. The molecule has 0 bridgehead atoms. The topological polar surface area (TPSA) is 95.3 Å². The number of benzene rings is 3. The van der Waals surface area contributed by atoms with Crippen LogP contribution in [0.25, 0.3) is 16.7 Å². The van der Waals surface area contributed by atoms with E-state index in [2.05, 4.69) is 10.2 Å². The van der Waals surface area contributed by atoms with Crippen LogP contribution < -0.4 is 5.56 Å². The molecule has 164 valence electrons. The van der Waals surface area contributed by atoms with E-state index in [0.717, 1.165) is 22.2 Å². The van der Waals surface area contributed by atoms with Gasteiger partial charge in [-0.15, -0.1) is 10.2 Å². The molecule has 0 aliphatic rings. The minimum absolute atomic E-state index is 0.0581. The second-order valence-electron chi connectivity index (χ2n) is 7.72. The maximum Gasteiger partial charge on any atom is 0.269 e. The molecule has 0 aliphatic heterocycles. The number of nitrogens with zero attached hydrogens (tertiary/aromatic N) is 5. The maximum absolute atomic E-state index is 13.3. The summed E-state index contributed by atoms with van der Waals surface area (Å²) in [5, 5.41) is 20.9. The van der Waals surface area contributed by atoms with E-state index in [4.69, 9.17) is 0 Å². The summed E-state index contributed by atoms with van der Waals surface area (Å²) in [5.74, 6) is 1.04. The van der Waals surface area contributed by atoms with E-state index in [0.29, 0.717) is 28.6 Å². The fourth-order valence-electron chi connectivity index (χ4n) is 3.71. The summed E-state index contributed by atoms with van der Waals surface area (Å²) >= 11 is 1.47. The third-order valence-corrected chi connectivity index (χ3v) is 6.45. The SMILES string of the molecule is Cc1ccc(Cn2c(=O)c3ccccc3n3c(SCc4ccc([N+](=O)[O-])cc4)nnc23)cc1. The fraction of sp³-hybridized carbons (Fsp3) is 0.125. The van der Waals surface area contributed by atoms with Crippen molar-refractivity contribution in [3.8, 4) is 0 Å². The third-order valence-electron chi connectivity index (χ3n) is 5.45. The van der Waals surface area contributed by atoms with Crippen LogP contribution in [0.1, 0.15) is 16.7 Å². The van der Waals surface area contributed by atoms with Crippen molar-refractivity contribution in [1.82, 2.24) is 19.2 Å². The second-order valence-corrected chi connectivity index (χ2v) is 8.67. The van der Waals surface area contributed by atoms with Gasteiger partial charge in [0.15, 0.2) is 5.16 Å². The Labute approximate surface area is 192 Å². The lowest BCUT2D eigenvalue weighted by atomic mass is 10.1. The van der Waals surface area contributed by atoms with Gasteiger partial charge in [0.25, 0.3) is 11.2 Å². The third kappa shape index (κ3) is 3.98. The number of nitro benzene ring substituents is 1. The molecule has 0 spiro atoms. The van der Waals surface area contributed by atoms with Crippen LogP contribution in [0.15, 0.2) is 82.7 Å². The lowest BCUT2D eigenvalue weighted by Crippen LogP contribution is -2.24. The van der Waals surface area contributed by atoms with Crippen molar-refractivity contribution in [2.75, 3.05) is 0 Å². The molecule has 0 unspecified atom stereocenters. The highest BCUT2D eigenvalue weighted by Crippen LogP contribution is 2.25. The first-order valence-electron chi connectivity index (χ1n) is 10.3. The number of hydrogen-bond acceptors (Lipinski definition) is 6. The lowest BCUT2D eigenvalue weighted by Gasteiger charge is -2.11. The summed E-state index contributed by atoms with van der Waals surface area (Å²) in [7, 11) is 0. The van der Waals surface area contributed by atoms with E-state index in [1.54, 1.807) is 16.7 Å². The van der Waals surface area contributed by atoms with Gasteiger partial charge in [-0.1, -0.05) is 65.9 Å². The molecule has 8 nitrogen and oxygen atoms in total. The Balaban J connectivity index is 1.56. The van der Waals surface area contributed by atoms with Crippen LogP contribution >= 0.6 is 11.8 Å². The maximum atomic E-state index is 13.3. The Morgan fingerprint density at radius 2 is 1.64 bits per heavy atom. The van der Waals surface area contributed by atoms with Crippen LogP contribution in [0.4, 0.5) is 5.69 Å². The summed E-state index contributed by atoms with van der Waals surface area (Å²) < 4.78 is 3.55. The number of thioether (sulfide) groups is 1. The van der Waals surface area contributed by atoms with E-state index in [1.165, 1.54) is 23.9 Å². The zero-order chi connectivity index (χ0) is 22.9. The second kappa shape index (κ2) is 8.51. The zero-order valence-electron chi connectivity index (χ0n) is 17.7. The summed E-state index contributed by atoms with van der Waals surface area (Å²) in [4.78, 5) is 23.8. The highest BCUT2D eigenvalue weighted by atomic mass is 32.2. The molecule has 0 N–H and O–H groups in total. The summed E-state index contributed by atoms with van der Waals surface area (Å²) in [6.45, 7) is 2.41. The van der Waals surface area contributed by atoms with Crippen LogP contribution in [0.3, 0.4) is 0 Å². The van der Waals surface area contributed by atoms with Gasteiger partial charge in [-0.25, -0.2) is 0 Å². The van der Waals surface area contributed by atoms with Gasteiger partial charge in [-0.3, -0.25) is 23.9 Å². The largest absolute Gasteiger partial charge is 0.272 e. The normalized spacial score (nSPS) is 11.3. The lowest BCUT2D eigenvalue weighted by molar-refractivity contribution is -0.384. The number of nitro groups is 1. The average Bonchev–Trinajstić information content (AvgIpc) is 3.26. The van der Waals surface area contributed by atoms with E-state index in [9.17, 15) is 14.9 Å². The van der Waals surface area contributed by atoms with Gasteiger partial charge >= 0.3 is 0 Å². The standard InChI is InChI=1S/C24H19N5O3S/c1-16-6-8-17(9-7-16)14-27-22(30)20-4-2-3-5-21(20)28-23(27)25-26-24(28)33-15-18-10-12-19(13-11-18)29(31)32/h2-13H,14-15H2,1H3. The molecule has 3 aromatic carbocycles. The van der Waals surface area contributed by atoms with Crippen molar-refractivity contribution in [2.24, 2.45) is 0 Å². The van der Waals surface area contributed by atoms with Crippen molar-refractivity contribution in [1.29, 1.82) is 0 Å². The molecule has 2 aromatic heterocycles. The van der Waals surface area contributed by atoms with Gasteiger partial charge in [-0.05, 0) is 30.2 Å². The van der Waals surface area contributed by atoms with Gasteiger partial charge < -0.3 is 0 Å². The molecular formula is C24H19N5O3S. The number of fused-ring (bicyclic) bond motifs is 3. The first kappa shape index (κ1) is 20.9. The van der Waals surface area contributed by atoms with Crippen LogP contribution in [-0.4, -0.2) is 24.1 Å². The molecule has 0 radical (unpaired) electrons. The molecule has 0 saturated heterocycles. The van der Waals surface area contributed by atoms with Crippen molar-refractivity contribution < 1.29 is 4.92 Å². The molecule has 2 heterocycles. The molecule has 0 saturated carbocycles. The monoisotopic (exact) mass is 457 g/mol. The summed E-state index contributed by atoms with van der Waals surface area (Å²) in [6, 6.07) is 21.9. The molecule has 0 amide bonds. The Morgan fingerprint density at radius 1 is 0.939 bits per heavy atom. The van der Waals surface area contributed by atoms with Gasteiger partial charge in [-0.2, -0.15) is 0 Å². The van der Waals surface area contributed by atoms with E-state index in [-0.39, 0.29) is 11.2 Å². The highest BCUT2D eigenvalue weighted by molar-refractivity contribution is 7.98. The molecule has 0 fully saturated rings. The van der Waals surface area contributed by atoms with Crippen molar-refractivity contribution in [3.05, 3.63) is 110 Å². The van der Waals surface area contributed by atoms with E-state index in [1.807, 2.05) is 59.9 Å². The minimum Gasteiger partial charge on any atom is -0.272 e. The number of aryl methyl sites for hydroxylation is 1. The molecule has 0 aliphatic carbocycles. The van der Waals surface area contributed by atoms with Crippen molar-refractivity contribution in [2.45, 2.75) is 24.4 Å². The van der Waals surface area contributed by atoms with Gasteiger partial charge in [0.05, 0.1) is 22.4 Å². The molecule has 5 aromatic rings. The van der Waals surface area contributed by atoms with Gasteiger partial charge in [0.2, 0.25) is 5.78 Å². The molecule has 0 atom stereocenters. The number of non-ortho nitro benzene ring substituents is 1. The average molecular weight is 458 g/mol. The van der Waals surface area contributed by atoms with Crippen molar-refractivity contribution >= 4 is 34.1 Å². The number of aromatic nitrogens is 4. The van der Waals surface area contributed by atoms with E-state index >= 15 is 0 Å². The minimum atomic E-state index is -0.414. The number of rotatable bonds is 6. The molecule has 33 heavy (non-hydrogen) atoms. The van der Waals surface area contributed by atoms with Gasteiger partial charge in [0.1, 0.15) is 0 Å². The Bertz CT molecular complexity index is 1540. The smallest absolute Gasteiger partial charge is 0.269 e. The predicted octanol–water partition coefficient (Wildman–Crippen LogP) is 4.60. The van der Waals surface area contributed by atoms with Crippen LogP contribution in [0.2, 0.25) is 0 Å². The van der Waals surface area contributed by atoms with Crippen LogP contribution in [0, 0.1) is 17.0 Å². The fourth-order valence-corrected chi connectivity index (χ4v) is 4.60. The molecule has 5 rings (SSSR count). The summed E-state index contributed by atoms with van der Waals surface area (Å²) in [6.07, 6.45) is 0. The Morgan fingerprint density at radius 3 is 2.36 bits per heavy atom. The van der Waals surface area contributed by atoms with Crippen molar-refractivity contribution in [3.63, 3.8) is 0 Å². The molecular weight excluding hydrogens is 438 g/mol. The molecule has 9 heteroatoms. The van der Waals surface area contributed by atoms with E-state index < -0.39 is 4.92 Å². The quantitative estimate of drug-likeness (QED) is 0.210. The first-order chi connectivity index (χ1) is 16.0. The zero-order valence-corrected chi connectivity index (χ0v) is 18.5. The first-order valence-corrected chi connectivity index (χ1v) is 11.3. The van der Waals surface area contributed by atoms with Gasteiger partial charge in [0, 0.05) is 17.9 Å². The number of hydrogen-bond donors (Lipinski definition) is 0. The predicted molar refractivity (Wildman–Crippen MR) is 128 cm³/mol. The van der Waals surface area contributed by atoms with Crippen LogP contribution in [0.5, 0.6) is 0 Å². The number of para-hydroxylation sites is 1.